The van der Waals surface area contributed by atoms with E-state index in [0.717, 1.165) is 17.5 Å². The average molecular weight is 302 g/mol. The van der Waals surface area contributed by atoms with E-state index in [9.17, 15) is 18.7 Å². The molecule has 1 aliphatic heterocycles. The number of anilines is 1. The lowest BCUT2D eigenvalue weighted by molar-refractivity contribution is 0.0811. The largest absolute Gasteiger partial charge is 0.394 e. The molecule has 2 amide bonds. The highest BCUT2D eigenvalue weighted by molar-refractivity contribution is 5.89. The van der Waals surface area contributed by atoms with Crippen LogP contribution in [-0.2, 0) is 6.54 Å². The van der Waals surface area contributed by atoms with Crippen molar-refractivity contribution >= 4 is 11.7 Å². The molecular formula is C13H20F2N4O2. The first-order chi connectivity index (χ1) is 10.0. The summed E-state index contributed by atoms with van der Waals surface area (Å²) in [7, 11) is 0. The molecule has 1 aromatic rings. The number of urea groups is 1. The second-order valence-corrected chi connectivity index (χ2v) is 5.34. The van der Waals surface area contributed by atoms with Crippen LogP contribution in [0.4, 0.5) is 19.3 Å². The van der Waals surface area contributed by atoms with Crippen molar-refractivity contribution in [1.29, 1.82) is 0 Å². The first kappa shape index (κ1) is 15.7. The van der Waals surface area contributed by atoms with E-state index in [1.807, 2.05) is 6.92 Å². The molecule has 0 radical (unpaired) electrons. The van der Waals surface area contributed by atoms with Crippen LogP contribution in [0.3, 0.4) is 0 Å². The van der Waals surface area contributed by atoms with Gasteiger partial charge in [0.25, 0.3) is 6.43 Å². The second-order valence-electron chi connectivity index (χ2n) is 5.34. The number of amides is 2. The van der Waals surface area contributed by atoms with E-state index in [1.165, 1.54) is 12.4 Å². The Hall–Kier alpha value is -1.70. The maximum atomic E-state index is 12.2. The lowest BCUT2D eigenvalue weighted by atomic mass is 9.91. The first-order valence-electron chi connectivity index (χ1n) is 7.00. The number of nitrogens with zero attached hydrogens (tertiary/aromatic N) is 3. The molecule has 0 bridgehead atoms. The summed E-state index contributed by atoms with van der Waals surface area (Å²) < 4.78 is 25.6. The highest BCUT2D eigenvalue weighted by Crippen LogP contribution is 2.23. The number of piperidine rings is 1. The number of rotatable bonds is 4. The van der Waals surface area contributed by atoms with Crippen molar-refractivity contribution in [2.75, 3.05) is 18.5 Å². The van der Waals surface area contributed by atoms with E-state index < -0.39 is 13.0 Å². The predicted molar refractivity (Wildman–Crippen MR) is 73.2 cm³/mol. The van der Waals surface area contributed by atoms with Crippen LogP contribution < -0.4 is 5.32 Å². The summed E-state index contributed by atoms with van der Waals surface area (Å²) in [6.45, 7) is 1.99. The van der Waals surface area contributed by atoms with Crippen molar-refractivity contribution in [1.82, 2.24) is 14.7 Å². The highest BCUT2D eigenvalue weighted by Gasteiger charge is 2.31. The van der Waals surface area contributed by atoms with E-state index in [0.29, 0.717) is 12.2 Å². The molecular weight excluding hydrogens is 282 g/mol. The van der Waals surface area contributed by atoms with E-state index in [-0.39, 0.29) is 24.6 Å². The molecule has 2 unspecified atom stereocenters. The number of hydrogen-bond acceptors (Lipinski definition) is 3. The molecule has 1 aliphatic rings. The molecule has 21 heavy (non-hydrogen) atoms. The molecule has 1 fully saturated rings. The van der Waals surface area contributed by atoms with E-state index in [2.05, 4.69) is 10.4 Å². The Morgan fingerprint density at radius 3 is 3.05 bits per heavy atom. The zero-order chi connectivity index (χ0) is 15.4. The Bertz CT molecular complexity index is 480. The Balaban J connectivity index is 1.98. The topological polar surface area (TPSA) is 70.4 Å². The van der Waals surface area contributed by atoms with Crippen LogP contribution in [0.2, 0.25) is 0 Å². The molecule has 2 atom stereocenters. The molecule has 2 rings (SSSR count). The average Bonchev–Trinajstić information content (AvgIpc) is 2.84. The monoisotopic (exact) mass is 302 g/mol. The Kier molecular flexibility index (Phi) is 5.11. The molecule has 2 N–H and O–H groups in total. The van der Waals surface area contributed by atoms with Gasteiger partial charge >= 0.3 is 6.03 Å². The van der Waals surface area contributed by atoms with Crippen molar-refractivity contribution in [2.45, 2.75) is 38.8 Å². The number of hydrogen-bond donors (Lipinski definition) is 2. The highest BCUT2D eigenvalue weighted by atomic mass is 19.3. The fourth-order valence-corrected chi connectivity index (χ4v) is 2.64. The van der Waals surface area contributed by atoms with E-state index in [1.54, 1.807) is 4.90 Å². The van der Waals surface area contributed by atoms with Gasteiger partial charge in [0.05, 0.1) is 24.5 Å². The summed E-state index contributed by atoms with van der Waals surface area (Å²) in [5, 5.41) is 15.8. The van der Waals surface area contributed by atoms with Crippen molar-refractivity contribution in [2.24, 2.45) is 5.92 Å². The third-order valence-corrected chi connectivity index (χ3v) is 3.77. The molecule has 8 heteroatoms. The number of aliphatic hydroxyl groups is 1. The minimum atomic E-state index is -2.49. The van der Waals surface area contributed by atoms with Crippen molar-refractivity contribution in [3.05, 3.63) is 12.4 Å². The summed E-state index contributed by atoms with van der Waals surface area (Å²) >= 11 is 0. The van der Waals surface area contributed by atoms with Crippen LogP contribution in [0, 0.1) is 5.92 Å². The van der Waals surface area contributed by atoms with Gasteiger partial charge in [0.1, 0.15) is 6.54 Å². The minimum absolute atomic E-state index is 0.0841. The van der Waals surface area contributed by atoms with Crippen LogP contribution in [0.15, 0.2) is 12.4 Å². The predicted octanol–water partition coefficient (Wildman–Crippen LogP) is 1.77. The number of aromatic nitrogens is 2. The Morgan fingerprint density at radius 1 is 1.62 bits per heavy atom. The van der Waals surface area contributed by atoms with Crippen LogP contribution in [0.25, 0.3) is 0 Å². The van der Waals surface area contributed by atoms with Gasteiger partial charge in [-0.15, -0.1) is 0 Å². The van der Waals surface area contributed by atoms with Gasteiger partial charge in [-0.3, -0.25) is 4.68 Å². The van der Waals surface area contributed by atoms with Gasteiger partial charge in [-0.25, -0.2) is 13.6 Å². The van der Waals surface area contributed by atoms with Crippen molar-refractivity contribution in [3.8, 4) is 0 Å². The third kappa shape index (κ3) is 3.90. The quantitative estimate of drug-likeness (QED) is 0.890. The molecule has 2 heterocycles. The zero-order valence-electron chi connectivity index (χ0n) is 11.9. The Labute approximate surface area is 121 Å². The molecule has 118 valence electrons. The van der Waals surface area contributed by atoms with Crippen molar-refractivity contribution < 1.29 is 18.7 Å². The van der Waals surface area contributed by atoms with Crippen LogP contribution >= 0.6 is 0 Å². The van der Waals surface area contributed by atoms with Gasteiger partial charge < -0.3 is 15.3 Å². The van der Waals surface area contributed by atoms with Crippen LogP contribution in [-0.4, -0.2) is 51.4 Å². The molecule has 0 saturated carbocycles. The van der Waals surface area contributed by atoms with Gasteiger partial charge in [-0.2, -0.15) is 5.10 Å². The number of alkyl halides is 2. The number of likely N-dealkylation sites (tertiary alicyclic amines) is 1. The van der Waals surface area contributed by atoms with Crippen molar-refractivity contribution in [3.63, 3.8) is 0 Å². The fourth-order valence-electron chi connectivity index (χ4n) is 2.64. The molecule has 0 aliphatic carbocycles. The number of carbonyl (C=O) groups is 1. The first-order valence-corrected chi connectivity index (χ1v) is 7.00. The number of halogens is 2. The molecule has 1 saturated heterocycles. The van der Waals surface area contributed by atoms with E-state index in [4.69, 9.17) is 0 Å². The second kappa shape index (κ2) is 6.84. The lowest BCUT2D eigenvalue weighted by Gasteiger charge is -2.38. The zero-order valence-corrected chi connectivity index (χ0v) is 11.9. The molecule has 0 spiro atoms. The van der Waals surface area contributed by atoms with Gasteiger partial charge in [0, 0.05) is 12.7 Å². The standard InChI is InChI=1S/C13H20F2N4O2/c1-9-3-2-4-19(11(9)8-20)13(21)17-10-5-16-18(6-10)7-12(14)15/h5-6,9,11-12,20H,2-4,7-8H2,1H3,(H,17,21). The number of nitrogens with one attached hydrogen (secondary N) is 1. The van der Waals surface area contributed by atoms with E-state index >= 15 is 0 Å². The van der Waals surface area contributed by atoms with Gasteiger partial charge in [-0.1, -0.05) is 6.92 Å². The number of carbonyl (C=O) groups excluding carboxylic acids is 1. The minimum Gasteiger partial charge on any atom is -0.394 e. The summed E-state index contributed by atoms with van der Waals surface area (Å²) in [6, 6.07) is -0.549. The SMILES string of the molecule is CC1CCCN(C(=O)Nc2cnn(CC(F)F)c2)C1CO. The summed E-state index contributed by atoms with van der Waals surface area (Å²) in [5.74, 6) is 0.232. The third-order valence-electron chi connectivity index (χ3n) is 3.77. The smallest absolute Gasteiger partial charge is 0.322 e. The lowest BCUT2D eigenvalue weighted by Crippen LogP contribution is -2.51. The maximum Gasteiger partial charge on any atom is 0.322 e. The molecule has 6 nitrogen and oxygen atoms in total. The van der Waals surface area contributed by atoms with Gasteiger partial charge in [0.15, 0.2) is 0 Å². The van der Waals surface area contributed by atoms with Gasteiger partial charge in [0.2, 0.25) is 0 Å². The fraction of sp³-hybridized carbons (Fsp3) is 0.692. The van der Waals surface area contributed by atoms with Crippen LogP contribution in [0.5, 0.6) is 0 Å². The molecule has 1 aromatic heterocycles. The number of aliphatic hydroxyl groups excluding tert-OH is 1. The van der Waals surface area contributed by atoms with Gasteiger partial charge in [-0.05, 0) is 18.8 Å². The maximum absolute atomic E-state index is 12.2. The normalized spacial score (nSPS) is 22.6. The molecule has 0 aromatic carbocycles. The summed E-state index contributed by atoms with van der Waals surface area (Å²) in [4.78, 5) is 13.8. The summed E-state index contributed by atoms with van der Waals surface area (Å²) in [5.41, 5.74) is 0.371. The summed E-state index contributed by atoms with van der Waals surface area (Å²) in [6.07, 6.45) is 2.07. The Morgan fingerprint density at radius 2 is 2.38 bits per heavy atom. The van der Waals surface area contributed by atoms with Crippen LogP contribution in [0.1, 0.15) is 19.8 Å².